The summed E-state index contributed by atoms with van der Waals surface area (Å²) >= 11 is 0. The number of ether oxygens (including phenoxy) is 2. The van der Waals surface area contributed by atoms with Crippen LogP contribution in [0.1, 0.15) is 44.6 Å². The number of hydrogen-bond donors (Lipinski definition) is 0. The summed E-state index contributed by atoms with van der Waals surface area (Å²) in [6.45, 7) is 6.52. The highest BCUT2D eigenvalue weighted by atomic mass is 19.1. The van der Waals surface area contributed by atoms with Gasteiger partial charge in [0, 0.05) is 32.5 Å². The van der Waals surface area contributed by atoms with E-state index in [0.29, 0.717) is 31.9 Å². The smallest absolute Gasteiger partial charge is 0.313 e. The number of nitrogens with zero attached hydrogens (tertiary/aromatic N) is 2. The number of rotatable bonds is 7. The van der Waals surface area contributed by atoms with E-state index in [1.807, 2.05) is 6.92 Å². The van der Waals surface area contributed by atoms with Crippen LogP contribution in [-0.2, 0) is 19.1 Å². The molecule has 1 aromatic carbocycles. The van der Waals surface area contributed by atoms with Crippen molar-refractivity contribution in [2.24, 2.45) is 16.5 Å². The van der Waals surface area contributed by atoms with Crippen LogP contribution in [0.15, 0.2) is 29.4 Å². The Morgan fingerprint density at radius 3 is 2.93 bits per heavy atom. The summed E-state index contributed by atoms with van der Waals surface area (Å²) in [7, 11) is 0. The summed E-state index contributed by atoms with van der Waals surface area (Å²) in [5.74, 6) is 0.140. The third-order valence-electron chi connectivity index (χ3n) is 6.43. The molecule has 6 nitrogen and oxygen atoms in total. The highest BCUT2D eigenvalue weighted by Crippen LogP contribution is 2.39. The molecule has 1 aromatic rings. The van der Waals surface area contributed by atoms with Gasteiger partial charge in [0.2, 0.25) is 0 Å². The Morgan fingerprint density at radius 1 is 1.37 bits per heavy atom. The summed E-state index contributed by atoms with van der Waals surface area (Å²) in [6, 6.07) is 6.29. The predicted octanol–water partition coefficient (Wildman–Crippen LogP) is 3.39. The molecule has 2 fully saturated rings. The molecule has 3 heterocycles. The van der Waals surface area contributed by atoms with Gasteiger partial charge < -0.3 is 19.2 Å². The Balaban J connectivity index is 1.43. The molecule has 0 N–H and O–H groups in total. The highest BCUT2D eigenvalue weighted by molar-refractivity contribution is 6.01. The van der Waals surface area contributed by atoms with Crippen LogP contribution in [0.3, 0.4) is 0 Å². The molecule has 7 heteroatoms. The van der Waals surface area contributed by atoms with Crippen molar-refractivity contribution in [3.05, 3.63) is 35.6 Å². The van der Waals surface area contributed by atoms with Crippen LogP contribution in [-0.4, -0.2) is 62.1 Å². The number of carbonyl (C=O) groups excluding carboxylic acids is 1. The molecule has 3 atom stereocenters. The SMILES string of the molecule is CCOC(=O)[C@]1(C[C@@H]2CC(c3ccc(F)cc3)=NO2)CCCN(C[C@@H]2CCOC2)C1. The van der Waals surface area contributed by atoms with Crippen molar-refractivity contribution in [2.45, 2.75) is 45.1 Å². The normalized spacial score (nSPS) is 29.5. The average molecular weight is 419 g/mol. The van der Waals surface area contributed by atoms with Gasteiger partial charge in [0.25, 0.3) is 0 Å². The Morgan fingerprint density at radius 2 is 2.20 bits per heavy atom. The van der Waals surface area contributed by atoms with E-state index in [4.69, 9.17) is 14.3 Å². The topological polar surface area (TPSA) is 60.4 Å². The summed E-state index contributed by atoms with van der Waals surface area (Å²) in [5.41, 5.74) is 1.08. The zero-order valence-corrected chi connectivity index (χ0v) is 17.6. The molecular formula is C23H31FN2O4. The Hall–Kier alpha value is -1.99. The fourth-order valence-electron chi connectivity index (χ4n) is 4.96. The third kappa shape index (κ3) is 4.83. The first kappa shape index (κ1) is 21.2. The first-order valence-electron chi connectivity index (χ1n) is 11.0. The fraction of sp³-hybridized carbons (Fsp3) is 0.652. The first-order valence-corrected chi connectivity index (χ1v) is 11.0. The second kappa shape index (κ2) is 9.43. The molecule has 0 radical (unpaired) electrons. The van der Waals surface area contributed by atoms with E-state index in [0.717, 1.165) is 56.8 Å². The van der Waals surface area contributed by atoms with Crippen molar-refractivity contribution in [1.29, 1.82) is 0 Å². The molecule has 0 saturated carbocycles. The maximum atomic E-state index is 13.2. The average Bonchev–Trinajstić information content (AvgIpc) is 3.41. The van der Waals surface area contributed by atoms with E-state index in [1.165, 1.54) is 12.1 Å². The Bertz CT molecular complexity index is 763. The standard InChI is InChI=1S/C23H31FN2O4/c1-2-29-22(27)23(9-3-10-26(16-23)14-17-8-11-28-15-17)13-20-12-21(25-30-20)18-4-6-19(24)7-5-18/h4-7,17,20H,2-3,8-16H2,1H3/t17-,20-,23-/m0/s1. The van der Waals surface area contributed by atoms with Gasteiger partial charge in [0.05, 0.1) is 24.3 Å². The van der Waals surface area contributed by atoms with Crippen LogP contribution < -0.4 is 0 Å². The van der Waals surface area contributed by atoms with Gasteiger partial charge in [0.1, 0.15) is 11.9 Å². The number of esters is 1. The second-order valence-corrected chi connectivity index (χ2v) is 8.75. The van der Waals surface area contributed by atoms with Gasteiger partial charge >= 0.3 is 5.97 Å². The van der Waals surface area contributed by atoms with Gasteiger partial charge in [-0.3, -0.25) is 4.79 Å². The molecular weight excluding hydrogens is 387 g/mol. The molecule has 0 spiro atoms. The third-order valence-corrected chi connectivity index (χ3v) is 6.43. The fourth-order valence-corrected chi connectivity index (χ4v) is 4.96. The molecule has 164 valence electrons. The van der Waals surface area contributed by atoms with Crippen LogP contribution >= 0.6 is 0 Å². The van der Waals surface area contributed by atoms with Gasteiger partial charge in [-0.1, -0.05) is 17.3 Å². The number of halogens is 1. The minimum Gasteiger partial charge on any atom is -0.466 e. The summed E-state index contributed by atoms with van der Waals surface area (Å²) < 4.78 is 24.3. The van der Waals surface area contributed by atoms with E-state index in [2.05, 4.69) is 10.1 Å². The lowest BCUT2D eigenvalue weighted by Gasteiger charge is -2.42. The number of likely N-dealkylation sites (tertiary alicyclic amines) is 1. The van der Waals surface area contributed by atoms with Crippen molar-refractivity contribution in [2.75, 3.05) is 39.5 Å². The van der Waals surface area contributed by atoms with Crippen molar-refractivity contribution < 1.29 is 23.5 Å². The maximum absolute atomic E-state index is 13.2. The number of piperidine rings is 1. The number of carbonyl (C=O) groups is 1. The maximum Gasteiger partial charge on any atom is 0.313 e. The van der Waals surface area contributed by atoms with Gasteiger partial charge in [-0.25, -0.2) is 4.39 Å². The monoisotopic (exact) mass is 418 g/mol. The molecule has 0 bridgehead atoms. The molecule has 0 aromatic heterocycles. The predicted molar refractivity (Wildman–Crippen MR) is 111 cm³/mol. The molecule has 2 saturated heterocycles. The minimum absolute atomic E-state index is 0.129. The largest absolute Gasteiger partial charge is 0.466 e. The van der Waals surface area contributed by atoms with Gasteiger partial charge in [-0.15, -0.1) is 0 Å². The van der Waals surface area contributed by atoms with E-state index in [9.17, 15) is 9.18 Å². The van der Waals surface area contributed by atoms with Crippen molar-refractivity contribution in [3.63, 3.8) is 0 Å². The summed E-state index contributed by atoms with van der Waals surface area (Å²) in [5, 5.41) is 4.23. The van der Waals surface area contributed by atoms with Crippen LogP contribution in [0.4, 0.5) is 4.39 Å². The van der Waals surface area contributed by atoms with Crippen LogP contribution in [0.2, 0.25) is 0 Å². The Kier molecular flexibility index (Phi) is 6.68. The second-order valence-electron chi connectivity index (χ2n) is 8.75. The zero-order chi connectivity index (χ0) is 21.0. The van der Waals surface area contributed by atoms with Crippen LogP contribution in [0.25, 0.3) is 0 Å². The van der Waals surface area contributed by atoms with Crippen molar-refractivity contribution in [3.8, 4) is 0 Å². The van der Waals surface area contributed by atoms with Gasteiger partial charge in [-0.2, -0.15) is 0 Å². The van der Waals surface area contributed by atoms with E-state index >= 15 is 0 Å². The number of hydrogen-bond acceptors (Lipinski definition) is 6. The van der Waals surface area contributed by atoms with Crippen molar-refractivity contribution >= 4 is 11.7 Å². The Labute approximate surface area is 177 Å². The summed E-state index contributed by atoms with van der Waals surface area (Å²) in [6.07, 6.45) is 3.87. The molecule has 30 heavy (non-hydrogen) atoms. The number of oxime groups is 1. The van der Waals surface area contributed by atoms with E-state index < -0.39 is 5.41 Å². The van der Waals surface area contributed by atoms with E-state index in [-0.39, 0.29) is 17.9 Å². The van der Waals surface area contributed by atoms with E-state index in [1.54, 1.807) is 12.1 Å². The van der Waals surface area contributed by atoms with Gasteiger partial charge in [0.15, 0.2) is 0 Å². The molecule has 0 amide bonds. The lowest BCUT2D eigenvalue weighted by Crippen LogP contribution is -2.51. The zero-order valence-electron chi connectivity index (χ0n) is 17.6. The number of benzene rings is 1. The van der Waals surface area contributed by atoms with Gasteiger partial charge in [-0.05, 0) is 56.3 Å². The highest BCUT2D eigenvalue weighted by Gasteiger charge is 2.47. The molecule has 3 aliphatic heterocycles. The van der Waals surface area contributed by atoms with Crippen LogP contribution in [0, 0.1) is 17.2 Å². The molecule has 0 aliphatic carbocycles. The van der Waals surface area contributed by atoms with Crippen LogP contribution in [0.5, 0.6) is 0 Å². The lowest BCUT2D eigenvalue weighted by molar-refractivity contribution is -0.162. The minimum atomic E-state index is -0.577. The summed E-state index contributed by atoms with van der Waals surface area (Å²) in [4.78, 5) is 21.2. The van der Waals surface area contributed by atoms with Crippen molar-refractivity contribution in [1.82, 2.24) is 4.90 Å². The first-order chi connectivity index (χ1) is 14.6. The lowest BCUT2D eigenvalue weighted by atomic mass is 9.74. The quantitative estimate of drug-likeness (QED) is 0.636. The molecule has 3 aliphatic rings. The molecule has 4 rings (SSSR count). The molecule has 0 unspecified atom stereocenters.